The summed E-state index contributed by atoms with van der Waals surface area (Å²) in [5.74, 6) is 0. The molecule has 0 aliphatic rings. The molecule has 2 heterocycles. The summed E-state index contributed by atoms with van der Waals surface area (Å²) in [6.07, 6.45) is 0. The third-order valence-corrected chi connectivity index (χ3v) is 10.0. The van der Waals surface area contributed by atoms with Crippen LogP contribution in [-0.4, -0.2) is 9.49 Å². The monoisotopic (exact) mass is 406 g/mol. The molecule has 0 bridgehead atoms. The summed E-state index contributed by atoms with van der Waals surface area (Å²) >= 11 is 7.70. The van der Waals surface area contributed by atoms with E-state index in [-0.39, 0.29) is 9.49 Å². The number of hydrogen-bond donors (Lipinski definition) is 0. The van der Waals surface area contributed by atoms with Crippen molar-refractivity contribution in [2.45, 2.75) is 67.9 Å². The third-order valence-electron chi connectivity index (χ3n) is 2.13. The van der Waals surface area contributed by atoms with Crippen molar-refractivity contribution < 1.29 is 0 Å². The number of thioether (sulfide) groups is 2. The lowest BCUT2D eigenvalue weighted by atomic mass is 10.3. The molecular weight excluding hydrogens is 385 g/mol. The molecule has 2 aromatic heterocycles. The van der Waals surface area contributed by atoms with Gasteiger partial charge in [0.25, 0.3) is 0 Å². The van der Waals surface area contributed by atoms with Crippen LogP contribution in [0.4, 0.5) is 0 Å². The number of hydrogen-bond acceptors (Lipinski definition) is 6. The molecule has 0 N–H and O–H groups in total. The Balaban J connectivity index is 1.88. The van der Waals surface area contributed by atoms with Crippen LogP contribution in [0.25, 0.3) is 0 Å². The first-order valence-corrected chi connectivity index (χ1v) is 12.4. The van der Waals surface area contributed by atoms with Gasteiger partial charge in [-0.2, -0.15) is 0 Å². The highest BCUT2D eigenvalue weighted by Gasteiger charge is 2.15. The Labute approximate surface area is 159 Å². The predicted octanol–water partition coefficient (Wildman–Crippen LogP) is 8.39. The molecule has 0 nitrogen and oxygen atoms in total. The average Bonchev–Trinajstić information content (AvgIpc) is 2.92. The Morgan fingerprint density at radius 2 is 0.909 bits per heavy atom. The number of thiophene rings is 2. The van der Waals surface area contributed by atoms with Gasteiger partial charge in [0, 0.05) is 9.49 Å². The van der Waals surface area contributed by atoms with E-state index < -0.39 is 0 Å². The van der Waals surface area contributed by atoms with Crippen molar-refractivity contribution in [1.29, 1.82) is 0 Å². The topological polar surface area (TPSA) is 0 Å². The normalized spacial score (nSPS) is 12.8. The smallest absolute Gasteiger partial charge is 0.0721 e. The fourth-order valence-electron chi connectivity index (χ4n) is 1.49. The summed E-state index contributed by atoms with van der Waals surface area (Å²) in [4.78, 5) is 0. The molecule has 22 heavy (non-hydrogen) atoms. The van der Waals surface area contributed by atoms with E-state index in [1.807, 2.05) is 67.8 Å². The van der Waals surface area contributed by atoms with Crippen LogP contribution in [0, 0.1) is 0 Å². The lowest BCUT2D eigenvalue weighted by Gasteiger charge is -2.15. The molecule has 0 aromatic carbocycles. The van der Waals surface area contributed by atoms with E-state index in [1.54, 1.807) is 0 Å². The Bertz CT molecular complexity index is 542. The molecule has 0 fully saturated rings. The van der Waals surface area contributed by atoms with Crippen LogP contribution in [0.5, 0.6) is 0 Å². The zero-order valence-electron chi connectivity index (χ0n) is 13.8. The maximum Gasteiger partial charge on any atom is 0.0721 e. The molecule has 0 atom stereocenters. The molecule has 2 aromatic rings. The van der Waals surface area contributed by atoms with Crippen molar-refractivity contribution >= 4 is 67.8 Å². The Kier molecular flexibility index (Phi) is 6.77. The van der Waals surface area contributed by atoms with Gasteiger partial charge in [-0.15, -0.1) is 46.2 Å². The van der Waals surface area contributed by atoms with Crippen LogP contribution in [-0.2, 0) is 0 Å². The summed E-state index contributed by atoms with van der Waals surface area (Å²) in [6.45, 7) is 13.6. The van der Waals surface area contributed by atoms with Crippen LogP contribution < -0.4 is 0 Å². The molecule has 6 heteroatoms. The Morgan fingerprint density at radius 1 is 0.591 bits per heavy atom. The van der Waals surface area contributed by atoms with Crippen molar-refractivity contribution in [3.63, 3.8) is 0 Å². The first-order valence-electron chi connectivity index (χ1n) is 7.03. The lowest BCUT2D eigenvalue weighted by molar-refractivity contribution is 0.804. The Hall–Kier alpha value is 0.800. The van der Waals surface area contributed by atoms with Crippen molar-refractivity contribution in [2.75, 3.05) is 0 Å². The van der Waals surface area contributed by atoms with Crippen LogP contribution in [0.3, 0.4) is 0 Å². The first kappa shape index (κ1) is 19.1. The molecule has 0 aliphatic heterocycles. The minimum atomic E-state index is 0.284. The maximum atomic E-state index is 2.26. The van der Waals surface area contributed by atoms with Gasteiger partial charge in [0.15, 0.2) is 0 Å². The SMILES string of the molecule is CC(C)(C)Sc1ccc(SSc2ccc(SC(C)(C)C)s2)s1. The number of rotatable bonds is 5. The highest BCUT2D eigenvalue weighted by molar-refractivity contribution is 8.77. The van der Waals surface area contributed by atoms with E-state index in [2.05, 4.69) is 65.8 Å². The van der Waals surface area contributed by atoms with E-state index in [4.69, 9.17) is 0 Å². The standard InChI is InChI=1S/C16H22S6/c1-15(2,3)19-11-7-9-13(17-11)21-22-14-10-8-12(18-14)20-16(4,5)6/h7-10H,1-6H3. The average molecular weight is 407 g/mol. The molecule has 0 saturated carbocycles. The van der Waals surface area contributed by atoms with Crippen LogP contribution in [0.1, 0.15) is 41.5 Å². The van der Waals surface area contributed by atoms with Crippen molar-refractivity contribution in [1.82, 2.24) is 0 Å². The van der Waals surface area contributed by atoms with Gasteiger partial charge in [-0.05, 0) is 45.9 Å². The van der Waals surface area contributed by atoms with Crippen molar-refractivity contribution in [2.24, 2.45) is 0 Å². The zero-order valence-corrected chi connectivity index (χ0v) is 18.7. The van der Waals surface area contributed by atoms with E-state index in [1.165, 1.54) is 16.8 Å². The van der Waals surface area contributed by atoms with Gasteiger partial charge < -0.3 is 0 Å². The van der Waals surface area contributed by atoms with Gasteiger partial charge >= 0.3 is 0 Å². The summed E-state index contributed by atoms with van der Waals surface area (Å²) in [5, 5.41) is 0. The molecule has 0 saturated heterocycles. The van der Waals surface area contributed by atoms with Gasteiger partial charge in [-0.3, -0.25) is 0 Å². The maximum absolute atomic E-state index is 2.26. The lowest BCUT2D eigenvalue weighted by Crippen LogP contribution is -2.05. The molecule has 0 aliphatic carbocycles. The molecule has 0 radical (unpaired) electrons. The van der Waals surface area contributed by atoms with Gasteiger partial charge in [-0.1, -0.05) is 41.5 Å². The largest absolute Gasteiger partial charge is 0.122 e. The van der Waals surface area contributed by atoms with Crippen molar-refractivity contribution in [3.05, 3.63) is 24.3 Å². The molecule has 0 amide bonds. The zero-order chi connectivity index (χ0) is 16.4. The quantitative estimate of drug-likeness (QED) is 0.361. The second-order valence-corrected chi connectivity index (χ2v) is 15.9. The van der Waals surface area contributed by atoms with Gasteiger partial charge in [0.1, 0.15) is 0 Å². The minimum absolute atomic E-state index is 0.284. The second kappa shape index (κ2) is 7.79. The van der Waals surface area contributed by atoms with Crippen LogP contribution in [0.15, 0.2) is 41.1 Å². The van der Waals surface area contributed by atoms with Gasteiger partial charge in [-0.25, -0.2) is 0 Å². The minimum Gasteiger partial charge on any atom is -0.122 e. The van der Waals surface area contributed by atoms with Crippen LogP contribution >= 0.6 is 67.8 Å². The molecule has 0 unspecified atom stereocenters. The third kappa shape index (κ3) is 7.14. The van der Waals surface area contributed by atoms with Gasteiger partial charge in [0.2, 0.25) is 0 Å². The highest BCUT2D eigenvalue weighted by atomic mass is 33.1. The summed E-state index contributed by atoms with van der Waals surface area (Å²) < 4.78 is 6.15. The van der Waals surface area contributed by atoms with Crippen LogP contribution in [0.2, 0.25) is 0 Å². The molecule has 2 rings (SSSR count). The molecule has 122 valence electrons. The summed E-state index contributed by atoms with van der Waals surface area (Å²) in [6, 6.07) is 8.99. The first-order chi connectivity index (χ1) is 10.1. The summed E-state index contributed by atoms with van der Waals surface area (Å²) in [5.41, 5.74) is 0. The van der Waals surface area contributed by atoms with Gasteiger partial charge in [0.05, 0.1) is 16.8 Å². The Morgan fingerprint density at radius 3 is 1.23 bits per heavy atom. The second-order valence-electron chi connectivity index (χ2n) is 6.74. The molecule has 0 spiro atoms. The fraction of sp³-hybridized carbons (Fsp3) is 0.500. The fourth-order valence-corrected chi connectivity index (χ4v) is 9.87. The van der Waals surface area contributed by atoms with E-state index in [9.17, 15) is 0 Å². The van der Waals surface area contributed by atoms with E-state index in [0.717, 1.165) is 0 Å². The summed E-state index contributed by atoms with van der Waals surface area (Å²) in [7, 11) is 3.75. The molecular formula is C16H22S6. The highest BCUT2D eigenvalue weighted by Crippen LogP contribution is 2.48. The predicted molar refractivity (Wildman–Crippen MR) is 112 cm³/mol. The van der Waals surface area contributed by atoms with E-state index in [0.29, 0.717) is 0 Å². The van der Waals surface area contributed by atoms with Crippen molar-refractivity contribution in [3.8, 4) is 0 Å². The van der Waals surface area contributed by atoms with E-state index >= 15 is 0 Å².